The fourth-order valence-electron chi connectivity index (χ4n) is 5.07. The van der Waals surface area contributed by atoms with Crippen LogP contribution in [0.4, 0.5) is 48.3 Å². The van der Waals surface area contributed by atoms with Gasteiger partial charge in [-0.3, -0.25) is 0 Å². The average molecular weight is 723 g/mol. The van der Waals surface area contributed by atoms with Crippen LogP contribution in [0, 0.1) is 40.8 Å². The van der Waals surface area contributed by atoms with Gasteiger partial charge in [-0.15, -0.1) is 13.2 Å². The summed E-state index contributed by atoms with van der Waals surface area (Å²) in [5.74, 6) is -12.6. The van der Waals surface area contributed by atoms with E-state index in [1.165, 1.54) is 6.07 Å². The molecule has 0 radical (unpaired) electrons. The molecule has 0 saturated carbocycles. The Bertz CT molecular complexity index is 1790. The molecule has 4 aromatic rings. The highest BCUT2D eigenvalue weighted by molar-refractivity contribution is 5.67. The summed E-state index contributed by atoms with van der Waals surface area (Å²) in [6.45, 7) is 3.52. The quantitative estimate of drug-likeness (QED) is 0.114. The van der Waals surface area contributed by atoms with Gasteiger partial charge in [0.2, 0.25) is 5.75 Å². The number of halogens is 11. The van der Waals surface area contributed by atoms with Crippen molar-refractivity contribution < 1.29 is 72.0 Å². The van der Waals surface area contributed by atoms with Crippen molar-refractivity contribution in [3.05, 3.63) is 107 Å². The van der Waals surface area contributed by atoms with Gasteiger partial charge in [0.15, 0.2) is 17.9 Å². The Morgan fingerprint density at radius 2 is 1.20 bits per heavy atom. The Hall–Kier alpha value is -4.41. The second-order valence-electron chi connectivity index (χ2n) is 11.1. The van der Waals surface area contributed by atoms with Crippen molar-refractivity contribution in [2.24, 2.45) is 5.92 Å². The van der Waals surface area contributed by atoms with Crippen LogP contribution < -0.4 is 9.47 Å². The summed E-state index contributed by atoms with van der Waals surface area (Å²) in [4.78, 5) is 0. The second kappa shape index (κ2) is 14.8. The SMILES string of the molecule is CCCOCC1COC(c2ccc(-c3cc(F)c(C(F)(F)Oc4ccc(-c5cc(F)c(OC(F)(F)F)c(F)c5)c(F)c4)c(F)c3)c(F)c2)OC1. The standard InChI is InChI=1S/C34H25F11O5/c1-2-7-46-14-17-15-47-32(48-16-17)18-3-5-22(24(35)8-18)19-9-26(37)30(27(38)10-19)33(41,42)49-21-4-6-23(25(36)13-21)20-11-28(39)31(29(40)12-20)50-34(43,44)45/h3-6,8-13,17,32H,2,7,14-16H2,1H3. The van der Waals surface area contributed by atoms with Crippen LogP contribution in [0.25, 0.3) is 22.3 Å². The number of rotatable bonds is 11. The first-order chi connectivity index (χ1) is 23.6. The molecule has 1 heterocycles. The van der Waals surface area contributed by atoms with Crippen molar-refractivity contribution in [1.29, 1.82) is 0 Å². The van der Waals surface area contributed by atoms with E-state index in [0.717, 1.165) is 18.6 Å². The molecule has 5 rings (SSSR count). The van der Waals surface area contributed by atoms with E-state index in [4.69, 9.17) is 14.2 Å². The van der Waals surface area contributed by atoms with Crippen molar-refractivity contribution in [2.45, 2.75) is 32.1 Å². The summed E-state index contributed by atoms with van der Waals surface area (Å²) < 4.78 is 180. The molecule has 0 atom stereocenters. The summed E-state index contributed by atoms with van der Waals surface area (Å²) in [5.41, 5.74) is -3.71. The molecule has 0 aromatic heterocycles. The lowest BCUT2D eigenvalue weighted by atomic mass is 10.00. The molecule has 1 saturated heterocycles. The van der Waals surface area contributed by atoms with Gasteiger partial charge in [-0.05, 0) is 60.0 Å². The molecule has 5 nitrogen and oxygen atoms in total. The maximum Gasteiger partial charge on any atom is 0.573 e. The maximum absolute atomic E-state index is 15.1. The van der Waals surface area contributed by atoms with Gasteiger partial charge in [-0.1, -0.05) is 19.1 Å². The molecule has 50 heavy (non-hydrogen) atoms. The molecule has 1 fully saturated rings. The molecule has 0 spiro atoms. The topological polar surface area (TPSA) is 46.2 Å². The molecule has 16 heteroatoms. The Morgan fingerprint density at radius 1 is 0.660 bits per heavy atom. The van der Waals surface area contributed by atoms with Gasteiger partial charge in [0, 0.05) is 35.3 Å². The van der Waals surface area contributed by atoms with Gasteiger partial charge >= 0.3 is 12.5 Å². The normalized spacial score (nSPS) is 16.8. The molecule has 0 bridgehead atoms. The first-order valence-electron chi connectivity index (χ1n) is 14.8. The van der Waals surface area contributed by atoms with Gasteiger partial charge in [-0.2, -0.15) is 8.78 Å². The fourth-order valence-corrected chi connectivity index (χ4v) is 5.07. The summed E-state index contributed by atoms with van der Waals surface area (Å²) in [7, 11) is 0. The highest BCUT2D eigenvalue weighted by atomic mass is 19.4. The highest BCUT2D eigenvalue weighted by Crippen LogP contribution is 2.40. The van der Waals surface area contributed by atoms with Crippen molar-refractivity contribution in [1.82, 2.24) is 0 Å². The Balaban J connectivity index is 1.31. The highest BCUT2D eigenvalue weighted by Gasteiger charge is 2.42. The first kappa shape index (κ1) is 36.9. The zero-order valence-corrected chi connectivity index (χ0v) is 25.7. The minimum Gasteiger partial charge on any atom is -0.429 e. The maximum atomic E-state index is 15.1. The average Bonchev–Trinajstić information content (AvgIpc) is 3.02. The second-order valence-corrected chi connectivity index (χ2v) is 11.1. The van der Waals surface area contributed by atoms with Gasteiger partial charge in [-0.25, -0.2) is 26.3 Å². The van der Waals surface area contributed by atoms with Gasteiger partial charge < -0.3 is 23.7 Å². The molecule has 0 aliphatic carbocycles. The van der Waals surface area contributed by atoms with Gasteiger partial charge in [0.1, 0.15) is 34.6 Å². The molecule has 4 aromatic carbocycles. The Morgan fingerprint density at radius 3 is 1.72 bits per heavy atom. The lowest BCUT2D eigenvalue weighted by molar-refractivity contribution is -0.276. The number of ether oxygens (including phenoxy) is 5. The minimum absolute atomic E-state index is 0.0278. The van der Waals surface area contributed by atoms with E-state index in [1.54, 1.807) is 0 Å². The number of benzene rings is 4. The van der Waals surface area contributed by atoms with Crippen molar-refractivity contribution in [3.8, 4) is 33.8 Å². The van der Waals surface area contributed by atoms with Crippen molar-refractivity contribution in [2.75, 3.05) is 26.4 Å². The van der Waals surface area contributed by atoms with Crippen LogP contribution >= 0.6 is 0 Å². The first-order valence-corrected chi connectivity index (χ1v) is 14.8. The van der Waals surface area contributed by atoms with Crippen LogP contribution in [0.2, 0.25) is 0 Å². The third kappa shape index (κ3) is 8.47. The molecular formula is C34H25F11O5. The van der Waals surface area contributed by atoms with E-state index in [9.17, 15) is 26.3 Å². The number of alkyl halides is 5. The molecule has 0 amide bonds. The summed E-state index contributed by atoms with van der Waals surface area (Å²) in [6.07, 6.45) is -10.3. The number of hydrogen-bond acceptors (Lipinski definition) is 5. The number of hydrogen-bond donors (Lipinski definition) is 0. The molecule has 268 valence electrons. The van der Waals surface area contributed by atoms with E-state index in [2.05, 4.69) is 9.47 Å². The van der Waals surface area contributed by atoms with E-state index < -0.39 is 87.4 Å². The van der Waals surface area contributed by atoms with E-state index in [1.807, 2.05) is 6.92 Å². The van der Waals surface area contributed by atoms with E-state index in [-0.39, 0.29) is 30.3 Å². The lowest BCUT2D eigenvalue weighted by Gasteiger charge is -2.29. The molecule has 1 aliphatic heterocycles. The van der Waals surface area contributed by atoms with E-state index in [0.29, 0.717) is 55.7 Å². The predicted octanol–water partition coefficient (Wildman–Crippen LogP) is 9.97. The zero-order valence-electron chi connectivity index (χ0n) is 25.7. The fraction of sp³-hybridized carbons (Fsp3) is 0.294. The summed E-state index contributed by atoms with van der Waals surface area (Å²) in [5, 5.41) is 0. The molecule has 1 aliphatic rings. The van der Waals surface area contributed by atoms with Crippen LogP contribution in [-0.2, 0) is 20.3 Å². The van der Waals surface area contributed by atoms with Crippen LogP contribution in [0.15, 0.2) is 60.7 Å². The van der Waals surface area contributed by atoms with E-state index >= 15 is 22.0 Å². The molecule has 0 unspecified atom stereocenters. The van der Waals surface area contributed by atoms with Crippen LogP contribution in [0.5, 0.6) is 11.5 Å². The summed E-state index contributed by atoms with van der Waals surface area (Å²) >= 11 is 0. The Labute approximate surface area is 277 Å². The third-order valence-electron chi connectivity index (χ3n) is 7.29. The van der Waals surface area contributed by atoms with Crippen LogP contribution in [-0.4, -0.2) is 32.8 Å². The Kier molecular flexibility index (Phi) is 10.9. The molecular weight excluding hydrogens is 697 g/mol. The van der Waals surface area contributed by atoms with Gasteiger partial charge in [0.05, 0.1) is 19.8 Å². The summed E-state index contributed by atoms with van der Waals surface area (Å²) in [6, 6.07) is 6.69. The predicted molar refractivity (Wildman–Crippen MR) is 154 cm³/mol. The van der Waals surface area contributed by atoms with Crippen LogP contribution in [0.3, 0.4) is 0 Å². The van der Waals surface area contributed by atoms with Crippen molar-refractivity contribution >= 4 is 0 Å². The largest absolute Gasteiger partial charge is 0.573 e. The van der Waals surface area contributed by atoms with Gasteiger partial charge in [0.25, 0.3) is 0 Å². The lowest BCUT2D eigenvalue weighted by Crippen LogP contribution is -2.30. The molecule has 0 N–H and O–H groups in total. The minimum atomic E-state index is -5.44. The zero-order chi connectivity index (χ0) is 36.4. The smallest absolute Gasteiger partial charge is 0.429 e. The third-order valence-corrected chi connectivity index (χ3v) is 7.29. The van der Waals surface area contributed by atoms with Crippen molar-refractivity contribution in [3.63, 3.8) is 0 Å². The monoisotopic (exact) mass is 722 g/mol. The van der Waals surface area contributed by atoms with Crippen LogP contribution in [0.1, 0.15) is 30.8 Å².